The number of nitrogens with zero attached hydrogens (tertiary/aromatic N) is 4. The summed E-state index contributed by atoms with van der Waals surface area (Å²) in [4.78, 5) is 16.3. The molecule has 0 radical (unpaired) electrons. The maximum absolute atomic E-state index is 5.56. The minimum atomic E-state index is -0.462. The zero-order valence-electron chi connectivity index (χ0n) is 45.1. The van der Waals surface area contributed by atoms with Gasteiger partial charge in [0.1, 0.15) is 0 Å². The van der Waals surface area contributed by atoms with Crippen LogP contribution in [0.4, 0.5) is 0 Å². The molecular formula is C72H72N4. The van der Waals surface area contributed by atoms with E-state index in [1.165, 1.54) is 144 Å². The molecule has 76 heavy (non-hydrogen) atoms. The Labute approximate surface area is 450 Å². The van der Waals surface area contributed by atoms with Gasteiger partial charge >= 0.3 is 0 Å². The molecule has 4 saturated carbocycles. The number of benzene rings is 7. The van der Waals surface area contributed by atoms with Gasteiger partial charge in [-0.1, -0.05) is 205 Å². The van der Waals surface area contributed by atoms with Crippen LogP contribution in [0.1, 0.15) is 145 Å². The lowest BCUT2D eigenvalue weighted by atomic mass is 9.44. The average Bonchev–Trinajstić information content (AvgIpc) is 4.18. The molecule has 8 unspecified atom stereocenters. The van der Waals surface area contributed by atoms with Crippen LogP contribution in [0.15, 0.2) is 164 Å². The molecule has 15 rings (SSSR count). The lowest BCUT2D eigenvalue weighted by molar-refractivity contribution is -0.114. The van der Waals surface area contributed by atoms with Crippen LogP contribution < -0.4 is 0 Å². The van der Waals surface area contributed by atoms with Gasteiger partial charge in [0.05, 0.1) is 16.4 Å². The Morgan fingerprint density at radius 3 is 1.89 bits per heavy atom. The van der Waals surface area contributed by atoms with Crippen molar-refractivity contribution >= 4 is 21.8 Å². The fraction of sp³-hybridized carbons (Fsp3) is 0.375. The van der Waals surface area contributed by atoms with E-state index in [0.717, 1.165) is 57.7 Å². The van der Waals surface area contributed by atoms with Crippen LogP contribution in [0.5, 0.6) is 0 Å². The third-order valence-electron chi connectivity index (χ3n) is 21.7. The van der Waals surface area contributed by atoms with Crippen molar-refractivity contribution in [2.75, 3.05) is 0 Å². The molecule has 380 valence electrons. The maximum Gasteiger partial charge on any atom is 0.238 e. The summed E-state index contributed by atoms with van der Waals surface area (Å²) in [6.07, 6.45) is 18.6. The molecular weight excluding hydrogens is 921 g/mol. The number of fused-ring (bicyclic) bond motifs is 19. The van der Waals surface area contributed by atoms with Crippen LogP contribution in [0.25, 0.3) is 72.8 Å². The van der Waals surface area contributed by atoms with Crippen molar-refractivity contribution in [3.8, 4) is 51.0 Å². The summed E-state index contributed by atoms with van der Waals surface area (Å²) in [5.41, 5.74) is 16.7. The van der Waals surface area contributed by atoms with Gasteiger partial charge in [-0.2, -0.15) is 9.97 Å². The van der Waals surface area contributed by atoms with Crippen molar-refractivity contribution in [1.29, 1.82) is 0 Å². The molecule has 0 N–H and O–H groups in total. The van der Waals surface area contributed by atoms with Crippen LogP contribution in [0.2, 0.25) is 0 Å². The molecule has 0 aliphatic heterocycles. The summed E-state index contributed by atoms with van der Waals surface area (Å²) in [7, 11) is 0. The first-order chi connectivity index (χ1) is 37.2. The Morgan fingerprint density at radius 1 is 0.526 bits per heavy atom. The van der Waals surface area contributed by atoms with Gasteiger partial charge in [0.15, 0.2) is 11.6 Å². The van der Waals surface area contributed by atoms with Gasteiger partial charge in [-0.05, 0) is 167 Å². The summed E-state index contributed by atoms with van der Waals surface area (Å²) >= 11 is 0. The van der Waals surface area contributed by atoms with E-state index in [2.05, 4.69) is 196 Å². The molecule has 2 aromatic heterocycles. The van der Waals surface area contributed by atoms with Gasteiger partial charge in [0.25, 0.3) is 0 Å². The summed E-state index contributed by atoms with van der Waals surface area (Å²) in [6.45, 7) is 10.3. The molecule has 4 fully saturated rings. The van der Waals surface area contributed by atoms with Crippen LogP contribution in [-0.2, 0) is 5.41 Å². The first kappa shape index (κ1) is 46.6. The second kappa shape index (κ2) is 17.7. The predicted molar refractivity (Wildman–Crippen MR) is 313 cm³/mol. The third-order valence-corrected chi connectivity index (χ3v) is 21.7. The molecule has 8 atom stereocenters. The van der Waals surface area contributed by atoms with Crippen molar-refractivity contribution in [3.05, 3.63) is 192 Å². The van der Waals surface area contributed by atoms with Crippen molar-refractivity contribution < 1.29 is 0 Å². The van der Waals surface area contributed by atoms with Crippen molar-refractivity contribution in [2.45, 2.75) is 122 Å². The molecule has 9 aromatic rings. The fourth-order valence-corrected chi connectivity index (χ4v) is 18.1. The molecule has 2 heterocycles. The lowest BCUT2D eigenvalue weighted by Crippen LogP contribution is -2.53. The fourth-order valence-electron chi connectivity index (χ4n) is 18.1. The monoisotopic (exact) mass is 993 g/mol. The average molecular weight is 993 g/mol. The SMILES string of the molecule is CC(C)CCCCC1CCC2C3CCC4CC(c5ccc(-c6nc(-c7ccccc7)nc(-n7c8ccccc8c8ccc9c(c87)-c7ccccc7C97c8ccccc8-c8ccccc87)n6)cc5)CCC4(C)C3CCC12C. The highest BCUT2D eigenvalue weighted by Crippen LogP contribution is 2.69. The minimum Gasteiger partial charge on any atom is -0.277 e. The third kappa shape index (κ3) is 6.77. The normalized spacial score (nSPS) is 26.5. The Kier molecular flexibility index (Phi) is 10.9. The molecule has 1 spiro atoms. The van der Waals surface area contributed by atoms with E-state index in [1.807, 2.05) is 0 Å². The summed E-state index contributed by atoms with van der Waals surface area (Å²) in [5, 5.41) is 2.38. The Bertz CT molecular complexity index is 3670. The highest BCUT2D eigenvalue weighted by Gasteiger charge is 2.60. The molecule has 0 bridgehead atoms. The van der Waals surface area contributed by atoms with Gasteiger partial charge in [-0.3, -0.25) is 4.57 Å². The predicted octanol–water partition coefficient (Wildman–Crippen LogP) is 18.6. The van der Waals surface area contributed by atoms with Gasteiger partial charge in [0, 0.05) is 27.5 Å². The molecule has 4 nitrogen and oxygen atoms in total. The van der Waals surface area contributed by atoms with E-state index in [1.54, 1.807) is 0 Å². The zero-order chi connectivity index (χ0) is 50.9. The Hall–Kier alpha value is -6.65. The Morgan fingerprint density at radius 2 is 1.16 bits per heavy atom. The second-order valence-electron chi connectivity index (χ2n) is 25.5. The van der Waals surface area contributed by atoms with E-state index >= 15 is 0 Å². The number of rotatable bonds is 9. The van der Waals surface area contributed by atoms with E-state index in [-0.39, 0.29) is 0 Å². The quantitative estimate of drug-likeness (QED) is 0.135. The van der Waals surface area contributed by atoms with Crippen LogP contribution in [0.3, 0.4) is 0 Å². The zero-order valence-corrected chi connectivity index (χ0v) is 45.1. The number of aromatic nitrogens is 4. The molecule has 7 aromatic carbocycles. The summed E-state index contributed by atoms with van der Waals surface area (Å²) < 4.78 is 2.36. The lowest BCUT2D eigenvalue weighted by Gasteiger charge is -2.61. The summed E-state index contributed by atoms with van der Waals surface area (Å²) in [6, 6.07) is 60.9. The first-order valence-corrected chi connectivity index (χ1v) is 29.5. The second-order valence-corrected chi connectivity index (χ2v) is 25.5. The molecule has 0 amide bonds. The number of hydrogen-bond acceptors (Lipinski definition) is 3. The van der Waals surface area contributed by atoms with E-state index in [4.69, 9.17) is 15.0 Å². The van der Waals surface area contributed by atoms with Gasteiger partial charge in [-0.15, -0.1) is 0 Å². The number of unbranched alkanes of at least 4 members (excludes halogenated alkanes) is 1. The summed E-state index contributed by atoms with van der Waals surface area (Å²) in [5.74, 6) is 8.03. The maximum atomic E-state index is 5.56. The molecule has 4 heteroatoms. The topological polar surface area (TPSA) is 43.6 Å². The molecule has 0 saturated heterocycles. The highest BCUT2D eigenvalue weighted by atomic mass is 15.2. The van der Waals surface area contributed by atoms with Crippen LogP contribution in [-0.4, -0.2) is 19.5 Å². The first-order valence-electron chi connectivity index (χ1n) is 29.5. The van der Waals surface area contributed by atoms with Crippen LogP contribution >= 0.6 is 0 Å². The highest BCUT2D eigenvalue weighted by molar-refractivity contribution is 6.16. The molecule has 6 aliphatic rings. The Balaban J connectivity index is 0.785. The largest absolute Gasteiger partial charge is 0.277 e. The van der Waals surface area contributed by atoms with E-state index in [0.29, 0.717) is 34.3 Å². The van der Waals surface area contributed by atoms with Crippen molar-refractivity contribution in [2.24, 2.45) is 46.3 Å². The minimum absolute atomic E-state index is 0.462. The smallest absolute Gasteiger partial charge is 0.238 e. The molecule has 6 aliphatic carbocycles. The van der Waals surface area contributed by atoms with Gasteiger partial charge in [-0.25, -0.2) is 4.98 Å². The standard InChI is InChI=1S/C72H72N4/c1-45(2)18-8-9-21-50-35-38-58-56-36-34-51-44-49(40-42-71(51,4)59(56)41-43-70(50,58)3)46-30-32-48(33-31-46)68-73-67(47-19-6-5-7-20-47)74-69(75-68)76-64-29-17-13-24-54(64)55-37-39-63-65(66(55)76)57-25-12-16-28-62(57)72(63)60-26-14-10-22-52(60)53-23-11-15-27-61(53)72/h5-7,10-17,19-20,22-33,37,39,45,49-51,56,58-59H,8-9,18,21,34-36,38,40-44H2,1-4H3. The number of hydrogen-bond donors (Lipinski definition) is 0. The van der Waals surface area contributed by atoms with Gasteiger partial charge in [0.2, 0.25) is 5.95 Å². The van der Waals surface area contributed by atoms with E-state index < -0.39 is 5.41 Å². The van der Waals surface area contributed by atoms with Crippen molar-refractivity contribution in [3.63, 3.8) is 0 Å². The van der Waals surface area contributed by atoms with Gasteiger partial charge < -0.3 is 0 Å². The number of para-hydroxylation sites is 1. The van der Waals surface area contributed by atoms with E-state index in [9.17, 15) is 0 Å². The van der Waals surface area contributed by atoms with Crippen molar-refractivity contribution in [1.82, 2.24) is 19.5 Å². The van der Waals surface area contributed by atoms with Crippen LogP contribution in [0, 0.1) is 46.3 Å².